The minimum absolute atomic E-state index is 0.414. The molecule has 0 aliphatic rings. The second kappa shape index (κ2) is 12.3. The fourth-order valence-corrected chi connectivity index (χ4v) is 4.08. The van der Waals surface area contributed by atoms with E-state index in [4.69, 9.17) is 9.47 Å². The van der Waals surface area contributed by atoms with Crippen LogP contribution in [-0.2, 0) is 11.2 Å². The highest BCUT2D eigenvalue weighted by Gasteiger charge is 2.14. The zero-order valence-electron chi connectivity index (χ0n) is 19.1. The molecule has 0 aromatic heterocycles. The summed E-state index contributed by atoms with van der Waals surface area (Å²) in [7, 11) is 0. The number of rotatable bonds is 12. The third kappa shape index (κ3) is 6.72. The van der Waals surface area contributed by atoms with E-state index in [1.165, 1.54) is 50.5 Å². The van der Waals surface area contributed by atoms with Crippen LogP contribution in [0.5, 0.6) is 5.75 Å². The van der Waals surface area contributed by atoms with E-state index in [0.717, 1.165) is 40.8 Å². The summed E-state index contributed by atoms with van der Waals surface area (Å²) in [6.45, 7) is 4.79. The van der Waals surface area contributed by atoms with Gasteiger partial charge in [-0.3, -0.25) is 0 Å². The minimum Gasteiger partial charge on any atom is -0.434 e. The fraction of sp³-hybridized carbons (Fsp3) is 0.464. The summed E-state index contributed by atoms with van der Waals surface area (Å²) in [4.78, 5) is 12.4. The third-order valence-electron chi connectivity index (χ3n) is 5.94. The minimum atomic E-state index is -0.612. The second-order valence-electron chi connectivity index (χ2n) is 8.36. The molecule has 0 aliphatic carbocycles. The van der Waals surface area contributed by atoms with Crippen LogP contribution < -0.4 is 4.74 Å². The van der Waals surface area contributed by atoms with Gasteiger partial charge in [-0.1, -0.05) is 102 Å². The van der Waals surface area contributed by atoms with Crippen molar-refractivity contribution in [1.82, 2.24) is 0 Å². The highest BCUT2D eigenvalue weighted by Crippen LogP contribution is 2.35. The van der Waals surface area contributed by atoms with Crippen LogP contribution in [0.2, 0.25) is 0 Å². The van der Waals surface area contributed by atoms with Crippen LogP contribution in [0.3, 0.4) is 0 Å². The van der Waals surface area contributed by atoms with Crippen LogP contribution in [0.15, 0.2) is 48.5 Å². The van der Waals surface area contributed by atoms with Crippen LogP contribution in [0.1, 0.15) is 77.2 Å². The molecule has 0 bridgehead atoms. The summed E-state index contributed by atoms with van der Waals surface area (Å²) < 4.78 is 11.2. The summed E-state index contributed by atoms with van der Waals surface area (Å²) >= 11 is 0. The molecule has 0 fully saturated rings. The molecule has 3 heteroatoms. The Kier molecular flexibility index (Phi) is 9.20. The summed E-state index contributed by atoms with van der Waals surface area (Å²) in [5.74, 6) is 0.598. The number of benzene rings is 3. The van der Waals surface area contributed by atoms with Gasteiger partial charge in [0.2, 0.25) is 0 Å². The van der Waals surface area contributed by atoms with Gasteiger partial charge in [-0.05, 0) is 41.3 Å². The van der Waals surface area contributed by atoms with E-state index in [-0.39, 0.29) is 0 Å². The van der Waals surface area contributed by atoms with E-state index in [1.54, 1.807) is 0 Å². The SMILES string of the molecule is CCCCCCCCCCCOC(=O)Oc1c2ccccc2cc2ccc(CC)cc12. The Morgan fingerprint density at radius 2 is 1.42 bits per heavy atom. The first-order chi connectivity index (χ1) is 15.2. The Morgan fingerprint density at radius 1 is 0.742 bits per heavy atom. The van der Waals surface area contributed by atoms with Crippen LogP contribution in [-0.4, -0.2) is 12.8 Å². The monoisotopic (exact) mass is 420 g/mol. The Hall–Kier alpha value is -2.55. The van der Waals surface area contributed by atoms with Crippen molar-refractivity contribution in [1.29, 1.82) is 0 Å². The smallest absolute Gasteiger partial charge is 0.434 e. The number of hydrogen-bond acceptors (Lipinski definition) is 3. The molecule has 0 spiro atoms. The lowest BCUT2D eigenvalue weighted by Gasteiger charge is -2.13. The molecule has 3 aromatic rings. The predicted molar refractivity (Wildman–Crippen MR) is 130 cm³/mol. The van der Waals surface area contributed by atoms with E-state index >= 15 is 0 Å². The average molecular weight is 421 g/mol. The van der Waals surface area contributed by atoms with Gasteiger partial charge in [0.05, 0.1) is 6.61 Å². The zero-order chi connectivity index (χ0) is 21.9. The van der Waals surface area contributed by atoms with Crippen molar-refractivity contribution >= 4 is 27.7 Å². The average Bonchev–Trinajstić information content (AvgIpc) is 2.80. The molecule has 0 atom stereocenters. The molecule has 3 aromatic carbocycles. The van der Waals surface area contributed by atoms with Crippen LogP contribution >= 0.6 is 0 Å². The van der Waals surface area contributed by atoms with Gasteiger partial charge in [-0.2, -0.15) is 0 Å². The number of fused-ring (bicyclic) bond motifs is 2. The number of carbonyl (C=O) groups excluding carboxylic acids is 1. The molecular formula is C28H36O3. The van der Waals surface area contributed by atoms with Gasteiger partial charge in [0.1, 0.15) is 5.75 Å². The Labute approximate surface area is 186 Å². The molecule has 31 heavy (non-hydrogen) atoms. The molecule has 166 valence electrons. The summed E-state index contributed by atoms with van der Waals surface area (Å²) in [6.07, 6.45) is 11.4. The van der Waals surface area contributed by atoms with E-state index < -0.39 is 6.16 Å². The Bertz CT molecular complexity index is 977. The van der Waals surface area contributed by atoms with E-state index in [9.17, 15) is 4.79 Å². The molecular weight excluding hydrogens is 384 g/mol. The number of hydrogen-bond donors (Lipinski definition) is 0. The first-order valence-electron chi connectivity index (χ1n) is 12.0. The molecule has 3 rings (SSSR count). The van der Waals surface area contributed by atoms with Gasteiger partial charge in [0.15, 0.2) is 0 Å². The van der Waals surface area contributed by atoms with Crippen LogP contribution in [0.4, 0.5) is 4.79 Å². The highest BCUT2D eigenvalue weighted by atomic mass is 16.7. The van der Waals surface area contributed by atoms with Gasteiger partial charge in [0, 0.05) is 10.8 Å². The van der Waals surface area contributed by atoms with Gasteiger partial charge >= 0.3 is 6.16 Å². The quantitative estimate of drug-likeness (QED) is 0.127. The van der Waals surface area contributed by atoms with E-state index in [2.05, 4.69) is 38.1 Å². The molecule has 0 radical (unpaired) electrons. The molecule has 0 saturated heterocycles. The Morgan fingerprint density at radius 3 is 2.16 bits per heavy atom. The van der Waals surface area contributed by atoms with E-state index in [0.29, 0.717) is 12.4 Å². The maximum absolute atomic E-state index is 12.4. The number of ether oxygens (including phenoxy) is 2. The van der Waals surface area contributed by atoms with Crippen molar-refractivity contribution in [2.45, 2.75) is 78.1 Å². The van der Waals surface area contributed by atoms with E-state index in [1.807, 2.05) is 24.3 Å². The zero-order valence-corrected chi connectivity index (χ0v) is 19.1. The maximum atomic E-state index is 12.4. The lowest BCUT2D eigenvalue weighted by molar-refractivity contribution is 0.0982. The summed E-state index contributed by atoms with van der Waals surface area (Å²) in [6, 6.07) is 16.5. The van der Waals surface area contributed by atoms with Gasteiger partial charge in [0.25, 0.3) is 0 Å². The van der Waals surface area contributed by atoms with Crippen molar-refractivity contribution in [2.75, 3.05) is 6.61 Å². The van der Waals surface area contributed by atoms with Crippen molar-refractivity contribution < 1.29 is 14.3 Å². The number of aryl methyl sites for hydroxylation is 1. The molecule has 0 amide bonds. The molecule has 3 nitrogen and oxygen atoms in total. The summed E-state index contributed by atoms with van der Waals surface area (Å²) in [5, 5.41) is 4.01. The van der Waals surface area contributed by atoms with Crippen molar-refractivity contribution in [3.05, 3.63) is 54.1 Å². The highest BCUT2D eigenvalue weighted by molar-refractivity contribution is 6.06. The largest absolute Gasteiger partial charge is 0.513 e. The molecule has 0 aliphatic heterocycles. The second-order valence-corrected chi connectivity index (χ2v) is 8.36. The van der Waals surface area contributed by atoms with Crippen molar-refractivity contribution in [3.8, 4) is 5.75 Å². The normalized spacial score (nSPS) is 11.2. The number of carbonyl (C=O) groups is 1. The first kappa shape index (κ1) is 23.1. The standard InChI is InChI=1S/C28H36O3/c1-3-5-6-7-8-9-10-11-14-19-30-28(29)31-27-25-16-13-12-15-23(25)21-24-18-17-22(4-2)20-26(24)27/h12-13,15-18,20-21H,3-11,14,19H2,1-2H3. The van der Waals surface area contributed by atoms with Gasteiger partial charge < -0.3 is 9.47 Å². The fourth-order valence-electron chi connectivity index (χ4n) is 4.08. The van der Waals surface area contributed by atoms with Crippen LogP contribution in [0.25, 0.3) is 21.5 Å². The van der Waals surface area contributed by atoms with Crippen molar-refractivity contribution in [2.24, 2.45) is 0 Å². The topological polar surface area (TPSA) is 35.5 Å². The Balaban J connectivity index is 1.55. The van der Waals surface area contributed by atoms with Crippen LogP contribution in [0, 0.1) is 0 Å². The molecule has 0 N–H and O–H groups in total. The van der Waals surface area contributed by atoms with Gasteiger partial charge in [-0.15, -0.1) is 0 Å². The molecule has 0 heterocycles. The predicted octanol–water partition coefficient (Wildman–Crippen LogP) is 8.60. The lowest BCUT2D eigenvalue weighted by atomic mass is 9.99. The molecule has 0 saturated carbocycles. The first-order valence-corrected chi connectivity index (χ1v) is 12.0. The lowest BCUT2D eigenvalue weighted by Crippen LogP contribution is -2.12. The maximum Gasteiger partial charge on any atom is 0.513 e. The van der Waals surface area contributed by atoms with Crippen molar-refractivity contribution in [3.63, 3.8) is 0 Å². The van der Waals surface area contributed by atoms with Gasteiger partial charge in [-0.25, -0.2) is 4.79 Å². The number of unbranched alkanes of at least 4 members (excludes halogenated alkanes) is 8. The molecule has 0 unspecified atom stereocenters. The summed E-state index contributed by atoms with van der Waals surface area (Å²) in [5.41, 5.74) is 1.22. The third-order valence-corrected chi connectivity index (χ3v) is 5.94.